The van der Waals surface area contributed by atoms with Crippen LogP contribution in [0, 0.1) is 11.8 Å². The van der Waals surface area contributed by atoms with Crippen LogP contribution in [0.5, 0.6) is 0 Å². The Morgan fingerprint density at radius 3 is 1.82 bits per heavy atom. The standard InChI is InChI=1S/C48H89N5O15S.C2H4/c1-2-3-4-5-6-7-8-9-10-11-12-13-14-15-16-17-18-19-20-21-22-39(56)52-31-36(49)32-53(50)24-25-63-26-27-64-28-29-65-35-40(57)51-23-30-69-48-45(62)43(60)46(38(34-55)67-48)68-47-44(61)42(59)41(58)37(33-54)66-47;1-2/h32,37-38,41-48,54-55,58-62H,2-12,15-31,33-35,49-50H2,1H3,(H,51,57)(H,52,56);1-2H2/b36-32-;. The summed E-state index contributed by atoms with van der Waals surface area (Å²) in [4.78, 5) is 24.4. The molecule has 71 heavy (non-hydrogen) atoms. The molecule has 2 aliphatic rings. The number of hydrazine groups is 1. The van der Waals surface area contributed by atoms with Crippen molar-refractivity contribution in [3.05, 3.63) is 25.1 Å². The molecule has 10 atom stereocenters. The monoisotopic (exact) mass is 1040 g/mol. The predicted molar refractivity (Wildman–Crippen MR) is 273 cm³/mol. The molecule has 2 saturated heterocycles. The molecule has 414 valence electrons. The zero-order valence-electron chi connectivity index (χ0n) is 42.6. The highest BCUT2D eigenvalue weighted by molar-refractivity contribution is 7.99. The summed E-state index contributed by atoms with van der Waals surface area (Å²) in [7, 11) is 0. The van der Waals surface area contributed by atoms with E-state index in [1.807, 2.05) is 0 Å². The number of thioether (sulfide) groups is 1. The fraction of sp³-hybridized carbons (Fsp3) is 0.840. The summed E-state index contributed by atoms with van der Waals surface area (Å²) >= 11 is 1.07. The van der Waals surface area contributed by atoms with E-state index in [2.05, 4.69) is 42.6 Å². The van der Waals surface area contributed by atoms with E-state index in [9.17, 15) is 45.3 Å². The van der Waals surface area contributed by atoms with Crippen LogP contribution in [0.4, 0.5) is 0 Å². The number of aliphatic hydroxyl groups excluding tert-OH is 7. The third-order valence-corrected chi connectivity index (χ3v) is 12.9. The van der Waals surface area contributed by atoms with Crippen molar-refractivity contribution in [3.8, 4) is 11.8 Å². The molecule has 21 heteroatoms. The van der Waals surface area contributed by atoms with Gasteiger partial charge in [0.15, 0.2) is 6.29 Å². The quantitative estimate of drug-likeness (QED) is 0.0137. The number of amides is 2. The molecular weight excluding hydrogens is 943 g/mol. The number of aliphatic hydroxyl groups is 7. The van der Waals surface area contributed by atoms with Gasteiger partial charge in [0.1, 0.15) is 60.9 Å². The lowest BCUT2D eigenvalue weighted by atomic mass is 9.97. The molecule has 2 fully saturated rings. The Hall–Kier alpha value is -2.63. The molecule has 13 N–H and O–H groups in total. The molecule has 10 unspecified atom stereocenters. The van der Waals surface area contributed by atoms with Crippen molar-refractivity contribution in [2.24, 2.45) is 11.6 Å². The van der Waals surface area contributed by atoms with Crippen LogP contribution in [0.15, 0.2) is 25.1 Å². The number of unbranched alkanes of at least 4 members (excludes halogenated alkanes) is 16. The Balaban J connectivity index is 0.0000124. The Morgan fingerprint density at radius 1 is 0.676 bits per heavy atom. The van der Waals surface area contributed by atoms with Gasteiger partial charge >= 0.3 is 0 Å². The van der Waals surface area contributed by atoms with E-state index in [0.29, 0.717) is 38.5 Å². The van der Waals surface area contributed by atoms with Crippen molar-refractivity contribution in [2.45, 2.75) is 189 Å². The lowest BCUT2D eigenvalue weighted by Crippen LogP contribution is -2.64. The predicted octanol–water partition coefficient (Wildman–Crippen LogP) is 1.84. The summed E-state index contributed by atoms with van der Waals surface area (Å²) in [5, 5.41) is 78.0. The maximum Gasteiger partial charge on any atom is 0.246 e. The zero-order valence-corrected chi connectivity index (χ0v) is 43.4. The van der Waals surface area contributed by atoms with Crippen LogP contribution in [0.2, 0.25) is 0 Å². The van der Waals surface area contributed by atoms with Gasteiger partial charge in [0.2, 0.25) is 11.8 Å². The molecule has 0 aromatic heterocycles. The average molecular weight is 1040 g/mol. The number of hydrogen-bond donors (Lipinski definition) is 11. The van der Waals surface area contributed by atoms with Gasteiger partial charge in [-0.1, -0.05) is 90.4 Å². The first kappa shape index (κ1) is 66.4. The van der Waals surface area contributed by atoms with E-state index in [4.69, 9.17) is 40.0 Å². The highest BCUT2D eigenvalue weighted by atomic mass is 32.2. The van der Waals surface area contributed by atoms with Crippen LogP contribution in [-0.4, -0.2) is 191 Å². The van der Waals surface area contributed by atoms with Gasteiger partial charge in [-0.2, -0.15) is 0 Å². The molecule has 0 aromatic rings. The second-order valence-electron chi connectivity index (χ2n) is 17.6. The lowest BCUT2D eigenvalue weighted by molar-refractivity contribution is -0.338. The van der Waals surface area contributed by atoms with E-state index >= 15 is 0 Å². The number of carbonyl (C=O) groups excluding carboxylic acids is 2. The van der Waals surface area contributed by atoms with Crippen molar-refractivity contribution in [2.75, 3.05) is 78.2 Å². The van der Waals surface area contributed by atoms with Crippen LogP contribution in [0.3, 0.4) is 0 Å². The minimum atomic E-state index is -1.76. The van der Waals surface area contributed by atoms with Crippen LogP contribution >= 0.6 is 11.8 Å². The highest BCUT2D eigenvalue weighted by Gasteiger charge is 2.50. The topological polar surface area (TPSA) is 310 Å². The Kier molecular flexibility index (Phi) is 40.9. The van der Waals surface area contributed by atoms with E-state index in [-0.39, 0.29) is 50.5 Å². The fourth-order valence-corrected chi connectivity index (χ4v) is 8.61. The molecule has 20 nitrogen and oxygen atoms in total. The normalized spacial score (nSPS) is 24.3. The first-order chi connectivity index (χ1) is 34.4. The summed E-state index contributed by atoms with van der Waals surface area (Å²) in [5.41, 5.74) is 5.46. The minimum Gasteiger partial charge on any atom is -0.399 e. The number of hydrogen-bond acceptors (Lipinski definition) is 19. The number of nitrogens with zero attached hydrogens (tertiary/aromatic N) is 1. The SMILES string of the molecule is C=C.CCCCCCCCCCCCC#CCCCCCCCCC(=O)NC/C(N)=C/N(N)CCOCCOCCOCC(=O)NCCSC1OC(CO)C(OC2OC(CO)C(O)C(O)C2O)C(O)C1O. The number of nitrogens with two attached hydrogens (primary N) is 2. The van der Waals surface area contributed by atoms with E-state index < -0.39 is 73.8 Å². The van der Waals surface area contributed by atoms with Gasteiger partial charge in [-0.15, -0.1) is 36.8 Å². The van der Waals surface area contributed by atoms with Gasteiger partial charge in [-0.05, 0) is 19.3 Å². The molecule has 0 saturated carbocycles. The van der Waals surface area contributed by atoms with Gasteiger partial charge in [0, 0.05) is 43.5 Å². The number of carbonyl (C=O) groups is 2. The van der Waals surface area contributed by atoms with Crippen molar-refractivity contribution in [3.63, 3.8) is 0 Å². The Labute approximate surface area is 427 Å². The van der Waals surface area contributed by atoms with Crippen molar-refractivity contribution < 1.29 is 73.8 Å². The zero-order chi connectivity index (χ0) is 52.5. The molecular formula is C50H93N5O15S. The van der Waals surface area contributed by atoms with Crippen LogP contribution in [0.25, 0.3) is 0 Å². The summed E-state index contributed by atoms with van der Waals surface area (Å²) in [5.74, 6) is 12.5. The molecule has 2 aliphatic heterocycles. The smallest absolute Gasteiger partial charge is 0.246 e. The summed E-state index contributed by atoms with van der Waals surface area (Å²) in [6, 6.07) is 0. The van der Waals surface area contributed by atoms with E-state index in [0.717, 1.165) is 50.3 Å². The fourth-order valence-electron chi connectivity index (χ4n) is 7.58. The second-order valence-corrected chi connectivity index (χ2v) is 18.8. The average Bonchev–Trinajstić information content (AvgIpc) is 3.37. The van der Waals surface area contributed by atoms with Gasteiger partial charge in [-0.25, -0.2) is 5.84 Å². The molecule has 2 rings (SSSR count). The third-order valence-electron chi connectivity index (χ3n) is 11.7. The van der Waals surface area contributed by atoms with Gasteiger partial charge in [0.05, 0.1) is 59.3 Å². The van der Waals surface area contributed by atoms with Crippen molar-refractivity contribution in [1.29, 1.82) is 0 Å². The highest BCUT2D eigenvalue weighted by Crippen LogP contribution is 2.32. The van der Waals surface area contributed by atoms with E-state index in [1.54, 1.807) is 6.20 Å². The van der Waals surface area contributed by atoms with Gasteiger partial charge in [-0.3, -0.25) is 9.59 Å². The summed E-state index contributed by atoms with van der Waals surface area (Å²) < 4.78 is 32.9. The Bertz CT molecular complexity index is 1430. The molecule has 0 radical (unpaired) electrons. The van der Waals surface area contributed by atoms with Crippen LogP contribution in [-0.2, 0) is 38.0 Å². The van der Waals surface area contributed by atoms with Gasteiger partial charge < -0.3 is 85.5 Å². The number of ether oxygens (including phenoxy) is 6. The van der Waals surface area contributed by atoms with Crippen molar-refractivity contribution in [1.82, 2.24) is 15.6 Å². The maximum absolute atomic E-state index is 12.3. The largest absolute Gasteiger partial charge is 0.399 e. The van der Waals surface area contributed by atoms with Crippen LogP contribution < -0.4 is 22.2 Å². The first-order valence-electron chi connectivity index (χ1n) is 25.8. The minimum absolute atomic E-state index is 0.0322. The maximum atomic E-state index is 12.3. The molecule has 2 heterocycles. The molecule has 0 bridgehead atoms. The number of nitrogens with one attached hydrogen (secondary N) is 2. The summed E-state index contributed by atoms with van der Waals surface area (Å²) in [6.07, 6.45) is 10.4. The second kappa shape index (κ2) is 43.7. The Morgan fingerprint density at radius 2 is 1.23 bits per heavy atom. The molecule has 0 aliphatic carbocycles. The lowest BCUT2D eigenvalue weighted by Gasteiger charge is -2.46. The summed E-state index contributed by atoms with van der Waals surface area (Å²) in [6.45, 7) is 8.84. The first-order valence-corrected chi connectivity index (χ1v) is 26.9. The molecule has 0 spiro atoms. The third kappa shape index (κ3) is 31.0. The van der Waals surface area contributed by atoms with Gasteiger partial charge in [0.25, 0.3) is 0 Å². The molecule has 0 aromatic carbocycles. The number of rotatable bonds is 40. The van der Waals surface area contributed by atoms with Crippen molar-refractivity contribution >= 4 is 23.6 Å². The van der Waals surface area contributed by atoms with Crippen LogP contribution in [0.1, 0.15) is 129 Å². The molecule has 2 amide bonds. The van der Waals surface area contributed by atoms with E-state index in [1.165, 1.54) is 82.1 Å².